The lowest BCUT2D eigenvalue weighted by atomic mass is 9.91. The summed E-state index contributed by atoms with van der Waals surface area (Å²) < 4.78 is 1.01. The minimum absolute atomic E-state index is 0.0481. The van der Waals surface area contributed by atoms with Crippen molar-refractivity contribution in [2.75, 3.05) is 5.32 Å². The minimum Gasteiger partial charge on any atom is -0.358 e. The second kappa shape index (κ2) is 7.99. The number of anilines is 1. The van der Waals surface area contributed by atoms with Gasteiger partial charge in [0.25, 0.3) is 5.91 Å². The quantitative estimate of drug-likeness (QED) is 0.313. The lowest BCUT2D eigenvalue weighted by molar-refractivity contribution is -0.110. The van der Waals surface area contributed by atoms with Crippen LogP contribution in [0.5, 0.6) is 0 Å². The third kappa shape index (κ3) is 3.42. The molecule has 1 aliphatic heterocycles. The molecule has 0 spiro atoms. The van der Waals surface area contributed by atoms with Crippen LogP contribution in [0.3, 0.4) is 0 Å². The molecular formula is C28H24BrN3O. The lowest BCUT2D eigenvalue weighted by Gasteiger charge is -2.13. The summed E-state index contributed by atoms with van der Waals surface area (Å²) in [6.07, 6.45) is 9.23. The van der Waals surface area contributed by atoms with Gasteiger partial charge in [0.2, 0.25) is 0 Å². The van der Waals surface area contributed by atoms with E-state index in [1.165, 1.54) is 40.4 Å². The molecule has 2 aliphatic rings. The Morgan fingerprint density at radius 3 is 2.85 bits per heavy atom. The summed E-state index contributed by atoms with van der Waals surface area (Å²) in [6, 6.07) is 14.4. The Hall–Kier alpha value is -3.18. The Labute approximate surface area is 201 Å². The number of nitrogens with zero attached hydrogens (tertiary/aromatic N) is 1. The van der Waals surface area contributed by atoms with E-state index in [-0.39, 0.29) is 5.91 Å². The molecule has 5 heteroatoms. The zero-order valence-electron chi connectivity index (χ0n) is 18.5. The molecule has 1 amide bonds. The summed E-state index contributed by atoms with van der Waals surface area (Å²) in [5.41, 5.74) is 9.76. The molecule has 33 heavy (non-hydrogen) atoms. The number of benzene rings is 2. The number of fused-ring (bicyclic) bond motifs is 3. The van der Waals surface area contributed by atoms with Crippen LogP contribution in [0.15, 0.2) is 53.1 Å². The molecule has 6 rings (SSSR count). The van der Waals surface area contributed by atoms with Crippen LogP contribution in [0, 0.1) is 6.92 Å². The van der Waals surface area contributed by atoms with Gasteiger partial charge in [-0.15, -0.1) is 0 Å². The number of H-pyrrole nitrogens is 1. The van der Waals surface area contributed by atoms with E-state index >= 15 is 0 Å². The van der Waals surface area contributed by atoms with Crippen molar-refractivity contribution in [1.82, 2.24) is 9.97 Å². The number of amides is 1. The molecule has 0 unspecified atom stereocenters. The van der Waals surface area contributed by atoms with E-state index in [1.54, 1.807) is 0 Å². The fraction of sp³-hybridized carbons (Fsp3) is 0.214. The highest BCUT2D eigenvalue weighted by molar-refractivity contribution is 9.10. The van der Waals surface area contributed by atoms with Crippen LogP contribution in [-0.2, 0) is 24.1 Å². The van der Waals surface area contributed by atoms with Gasteiger partial charge in [0.1, 0.15) is 0 Å². The number of aryl methyl sites for hydroxylation is 1. The zero-order chi connectivity index (χ0) is 22.5. The summed E-state index contributed by atoms with van der Waals surface area (Å²) in [5.74, 6) is -0.0481. The first-order valence-corrected chi connectivity index (χ1v) is 12.3. The van der Waals surface area contributed by atoms with Gasteiger partial charge < -0.3 is 10.3 Å². The Bertz CT molecular complexity index is 1460. The minimum atomic E-state index is -0.0481. The van der Waals surface area contributed by atoms with E-state index in [9.17, 15) is 4.79 Å². The molecule has 4 aromatic rings. The third-order valence-corrected chi connectivity index (χ3v) is 7.85. The van der Waals surface area contributed by atoms with Gasteiger partial charge in [-0.3, -0.25) is 9.78 Å². The number of halogens is 1. The van der Waals surface area contributed by atoms with E-state index in [1.807, 2.05) is 18.3 Å². The summed E-state index contributed by atoms with van der Waals surface area (Å²) in [7, 11) is 0. The van der Waals surface area contributed by atoms with Gasteiger partial charge in [-0.25, -0.2) is 0 Å². The van der Waals surface area contributed by atoms with E-state index < -0.39 is 0 Å². The molecule has 0 fully saturated rings. The molecule has 0 saturated heterocycles. The smallest absolute Gasteiger partial charge is 0.256 e. The van der Waals surface area contributed by atoms with Crippen molar-refractivity contribution >= 4 is 49.9 Å². The first kappa shape index (κ1) is 20.4. The predicted octanol–water partition coefficient (Wildman–Crippen LogP) is 6.60. The molecular weight excluding hydrogens is 474 g/mol. The third-order valence-electron chi connectivity index (χ3n) is 6.99. The molecule has 2 aromatic carbocycles. The van der Waals surface area contributed by atoms with Gasteiger partial charge in [0, 0.05) is 45.1 Å². The van der Waals surface area contributed by atoms with E-state index in [0.717, 1.165) is 57.5 Å². The van der Waals surface area contributed by atoms with Crippen molar-refractivity contribution in [3.05, 3.63) is 92.5 Å². The van der Waals surface area contributed by atoms with Crippen LogP contribution >= 0.6 is 15.9 Å². The highest BCUT2D eigenvalue weighted by Gasteiger charge is 2.28. The maximum Gasteiger partial charge on any atom is 0.256 e. The average molecular weight is 498 g/mol. The highest BCUT2D eigenvalue weighted by Crippen LogP contribution is 2.40. The Kier molecular flexibility index (Phi) is 4.95. The number of rotatable bonds is 3. The van der Waals surface area contributed by atoms with Gasteiger partial charge in [-0.1, -0.05) is 40.2 Å². The lowest BCUT2D eigenvalue weighted by Crippen LogP contribution is -2.05. The van der Waals surface area contributed by atoms with Crippen molar-refractivity contribution < 1.29 is 4.79 Å². The number of aromatic nitrogens is 2. The Morgan fingerprint density at radius 2 is 1.94 bits per heavy atom. The molecule has 2 N–H and O–H groups in total. The fourth-order valence-electron chi connectivity index (χ4n) is 5.32. The fourth-order valence-corrected chi connectivity index (χ4v) is 5.65. The number of carbonyl (C=O) groups is 1. The molecule has 164 valence electrons. The summed E-state index contributed by atoms with van der Waals surface area (Å²) >= 11 is 3.63. The largest absolute Gasteiger partial charge is 0.358 e. The number of hydrogen-bond acceptors (Lipinski definition) is 2. The van der Waals surface area contributed by atoms with Crippen molar-refractivity contribution in [2.45, 2.75) is 39.0 Å². The van der Waals surface area contributed by atoms with Crippen LogP contribution < -0.4 is 5.32 Å². The highest BCUT2D eigenvalue weighted by atomic mass is 79.9. The Morgan fingerprint density at radius 1 is 1.09 bits per heavy atom. The van der Waals surface area contributed by atoms with Crippen LogP contribution in [0.25, 0.3) is 22.4 Å². The number of hydrogen-bond donors (Lipinski definition) is 2. The number of pyridine rings is 1. The number of aromatic amines is 1. The number of nitrogens with one attached hydrogen (secondary N) is 2. The van der Waals surface area contributed by atoms with Crippen LogP contribution in [0.4, 0.5) is 5.69 Å². The van der Waals surface area contributed by atoms with Crippen LogP contribution in [0.2, 0.25) is 0 Å². The van der Waals surface area contributed by atoms with Crippen molar-refractivity contribution in [1.29, 1.82) is 0 Å². The van der Waals surface area contributed by atoms with E-state index in [2.05, 4.69) is 69.6 Å². The SMILES string of the molecule is Cc1c(Br)ccc2c1C(=Cc1[nH]c3c(c1Cc1nccc4ccccc14)CCCC3)C(=O)N2. The molecule has 2 aromatic heterocycles. The van der Waals surface area contributed by atoms with Gasteiger partial charge in [-0.05, 0) is 79.0 Å². The topological polar surface area (TPSA) is 57.8 Å². The molecule has 0 atom stereocenters. The monoisotopic (exact) mass is 497 g/mol. The van der Waals surface area contributed by atoms with Gasteiger partial charge in [0.15, 0.2) is 0 Å². The van der Waals surface area contributed by atoms with Crippen molar-refractivity contribution in [2.24, 2.45) is 0 Å². The first-order chi connectivity index (χ1) is 16.1. The van der Waals surface area contributed by atoms with Gasteiger partial charge in [0.05, 0.1) is 11.3 Å². The molecule has 0 radical (unpaired) electrons. The molecule has 3 heterocycles. The molecule has 0 saturated carbocycles. The zero-order valence-corrected chi connectivity index (χ0v) is 20.1. The van der Waals surface area contributed by atoms with Gasteiger partial charge >= 0.3 is 0 Å². The van der Waals surface area contributed by atoms with E-state index in [0.29, 0.717) is 0 Å². The van der Waals surface area contributed by atoms with Crippen LogP contribution in [0.1, 0.15) is 52.2 Å². The van der Waals surface area contributed by atoms with Gasteiger partial charge in [-0.2, -0.15) is 0 Å². The predicted molar refractivity (Wildman–Crippen MR) is 137 cm³/mol. The summed E-state index contributed by atoms with van der Waals surface area (Å²) in [5, 5.41) is 5.43. The maximum atomic E-state index is 13.0. The van der Waals surface area contributed by atoms with Crippen molar-refractivity contribution in [3.8, 4) is 0 Å². The second-order valence-electron chi connectivity index (χ2n) is 8.94. The molecule has 0 bridgehead atoms. The van der Waals surface area contributed by atoms with E-state index in [4.69, 9.17) is 4.98 Å². The molecule has 1 aliphatic carbocycles. The summed E-state index contributed by atoms with van der Waals surface area (Å²) in [6.45, 7) is 2.05. The normalized spacial score (nSPS) is 16.2. The average Bonchev–Trinajstić information content (AvgIpc) is 3.34. The summed E-state index contributed by atoms with van der Waals surface area (Å²) in [4.78, 5) is 21.4. The maximum absolute atomic E-state index is 13.0. The van der Waals surface area contributed by atoms with Crippen LogP contribution in [-0.4, -0.2) is 15.9 Å². The second-order valence-corrected chi connectivity index (χ2v) is 9.80. The number of carbonyl (C=O) groups excluding carboxylic acids is 1. The molecule has 4 nitrogen and oxygen atoms in total. The van der Waals surface area contributed by atoms with Crippen molar-refractivity contribution in [3.63, 3.8) is 0 Å². The first-order valence-electron chi connectivity index (χ1n) is 11.5. The standard InChI is InChI=1S/C28H24BrN3O/c1-16-22(29)10-11-24-27(16)21(28(33)32-24)15-26-20(19-8-4-5-9-23(19)31-26)14-25-18-7-3-2-6-17(18)12-13-30-25/h2-3,6-7,10-13,15,31H,4-5,8-9,14H2,1H3,(H,32,33). The Balaban J connectivity index is 1.52.